The minimum atomic E-state index is -0.662. The Kier molecular flexibility index (Phi) is 3.26. The Bertz CT molecular complexity index is 713. The zero-order valence-corrected chi connectivity index (χ0v) is 11.8. The second-order valence-corrected chi connectivity index (χ2v) is 6.18. The van der Waals surface area contributed by atoms with Crippen molar-refractivity contribution in [2.24, 2.45) is 5.73 Å². The molecule has 1 heterocycles. The monoisotopic (exact) mass is 313 g/mol. The van der Waals surface area contributed by atoms with Gasteiger partial charge in [-0.05, 0) is 47.7 Å². The number of fused-ring (bicyclic) bond motifs is 1. The Labute approximate surface area is 123 Å². The first-order valence-corrected chi connectivity index (χ1v) is 7.23. The molecular weight excluding hydrogens is 304 g/mol. The van der Waals surface area contributed by atoms with E-state index in [4.69, 9.17) is 17.3 Å². The summed E-state index contributed by atoms with van der Waals surface area (Å²) in [5.41, 5.74) is 7.11. The van der Waals surface area contributed by atoms with E-state index in [0.717, 1.165) is 16.9 Å². The van der Waals surface area contributed by atoms with E-state index in [2.05, 4.69) is 0 Å². The zero-order chi connectivity index (χ0) is 14.4. The van der Waals surface area contributed by atoms with Crippen LogP contribution in [-0.2, 0) is 6.42 Å². The second-order valence-electron chi connectivity index (χ2n) is 4.75. The maximum Gasteiger partial charge on any atom is 0.259 e. The van der Waals surface area contributed by atoms with Gasteiger partial charge in [0, 0.05) is 10.9 Å². The topological polar surface area (TPSA) is 43.1 Å². The maximum absolute atomic E-state index is 13.9. The van der Waals surface area contributed by atoms with Crippen LogP contribution in [0.2, 0.25) is 5.02 Å². The minimum absolute atomic E-state index is 0.195. The van der Waals surface area contributed by atoms with Gasteiger partial charge in [-0.2, -0.15) is 4.39 Å². The normalized spacial score (nSPS) is 17.2. The molecule has 1 atom stereocenters. The number of primary amides is 1. The Morgan fingerprint density at radius 2 is 2.05 bits per heavy atom. The molecule has 0 aliphatic heterocycles. The van der Waals surface area contributed by atoms with Crippen molar-refractivity contribution in [2.45, 2.75) is 18.8 Å². The van der Waals surface area contributed by atoms with Crippen LogP contribution in [0.25, 0.3) is 0 Å². The van der Waals surface area contributed by atoms with Gasteiger partial charge in [-0.3, -0.25) is 4.79 Å². The largest absolute Gasteiger partial charge is 0.365 e. The number of hydrogen-bond acceptors (Lipinski definition) is 2. The van der Waals surface area contributed by atoms with Gasteiger partial charge in [-0.1, -0.05) is 11.6 Å². The van der Waals surface area contributed by atoms with Crippen molar-refractivity contribution in [3.05, 3.63) is 55.7 Å². The van der Waals surface area contributed by atoms with E-state index in [-0.39, 0.29) is 16.6 Å². The lowest BCUT2D eigenvalue weighted by atomic mass is 9.93. The molecule has 2 aromatic rings. The minimum Gasteiger partial charge on any atom is -0.365 e. The van der Waals surface area contributed by atoms with Crippen molar-refractivity contribution in [3.8, 4) is 0 Å². The van der Waals surface area contributed by atoms with Crippen LogP contribution in [-0.4, -0.2) is 5.91 Å². The number of halogens is 3. The van der Waals surface area contributed by atoms with Gasteiger partial charge in [0.05, 0.1) is 4.88 Å². The highest BCUT2D eigenvalue weighted by molar-refractivity contribution is 7.12. The summed E-state index contributed by atoms with van der Waals surface area (Å²) in [7, 11) is 0. The van der Waals surface area contributed by atoms with Crippen molar-refractivity contribution < 1.29 is 13.6 Å². The fourth-order valence-corrected chi connectivity index (χ4v) is 3.80. The molecule has 0 radical (unpaired) electrons. The Morgan fingerprint density at radius 1 is 1.30 bits per heavy atom. The summed E-state index contributed by atoms with van der Waals surface area (Å²) in [4.78, 5) is 11.6. The molecule has 0 spiro atoms. The third kappa shape index (κ3) is 2.11. The molecule has 20 heavy (non-hydrogen) atoms. The molecule has 1 aromatic heterocycles. The lowest BCUT2D eigenvalue weighted by Gasteiger charge is -2.12. The molecule has 1 aliphatic rings. The summed E-state index contributed by atoms with van der Waals surface area (Å²) in [6.45, 7) is 0. The molecule has 0 bridgehead atoms. The predicted molar refractivity (Wildman–Crippen MR) is 74.4 cm³/mol. The van der Waals surface area contributed by atoms with Gasteiger partial charge >= 0.3 is 0 Å². The van der Waals surface area contributed by atoms with Gasteiger partial charge in [0.15, 0.2) is 5.13 Å². The van der Waals surface area contributed by atoms with E-state index in [0.29, 0.717) is 29.0 Å². The Morgan fingerprint density at radius 3 is 2.75 bits per heavy atom. The van der Waals surface area contributed by atoms with Crippen molar-refractivity contribution >= 4 is 28.8 Å². The molecule has 0 unspecified atom stereocenters. The van der Waals surface area contributed by atoms with Gasteiger partial charge in [-0.15, -0.1) is 11.3 Å². The summed E-state index contributed by atoms with van der Waals surface area (Å²) >= 11 is 6.61. The molecular formula is C14H10ClF2NOS. The smallest absolute Gasteiger partial charge is 0.259 e. The lowest BCUT2D eigenvalue weighted by Crippen LogP contribution is -2.12. The predicted octanol–water partition coefficient (Wildman–Crippen LogP) is 3.86. The zero-order valence-electron chi connectivity index (χ0n) is 10.3. The first-order chi connectivity index (χ1) is 9.47. The summed E-state index contributed by atoms with van der Waals surface area (Å²) in [5, 5.41) is -0.172. The van der Waals surface area contributed by atoms with Crippen LogP contribution >= 0.6 is 22.9 Å². The highest BCUT2D eigenvalue weighted by Crippen LogP contribution is 2.43. The van der Waals surface area contributed by atoms with Gasteiger partial charge in [0.1, 0.15) is 5.82 Å². The summed E-state index contributed by atoms with van der Waals surface area (Å²) in [5.74, 6) is -1.25. The third-order valence-corrected chi connectivity index (χ3v) is 4.76. The first kappa shape index (κ1) is 13.5. The SMILES string of the molecule is NC(=O)c1sc(F)cc1[C@@H]1CCc2c(F)cc(Cl)cc21. The highest BCUT2D eigenvalue weighted by Gasteiger charge is 2.31. The summed E-state index contributed by atoms with van der Waals surface area (Å²) in [6, 6.07) is 4.26. The number of rotatable bonds is 2. The molecule has 1 aliphatic carbocycles. The van der Waals surface area contributed by atoms with Crippen LogP contribution in [0.1, 0.15) is 38.7 Å². The van der Waals surface area contributed by atoms with E-state index in [1.807, 2.05) is 0 Å². The molecule has 6 heteroatoms. The van der Waals surface area contributed by atoms with Crippen LogP contribution in [0.5, 0.6) is 0 Å². The molecule has 3 rings (SSSR count). The Balaban J connectivity index is 2.14. The van der Waals surface area contributed by atoms with Crippen molar-refractivity contribution in [1.82, 2.24) is 0 Å². The third-order valence-electron chi connectivity index (χ3n) is 3.58. The van der Waals surface area contributed by atoms with Gasteiger partial charge in [0.2, 0.25) is 0 Å². The molecule has 104 valence electrons. The quantitative estimate of drug-likeness (QED) is 0.899. The van der Waals surface area contributed by atoms with Crippen LogP contribution in [0, 0.1) is 10.9 Å². The van der Waals surface area contributed by atoms with Crippen molar-refractivity contribution in [2.75, 3.05) is 0 Å². The summed E-state index contributed by atoms with van der Waals surface area (Å²) < 4.78 is 27.3. The van der Waals surface area contributed by atoms with E-state index < -0.39 is 11.0 Å². The number of thiophene rings is 1. The van der Waals surface area contributed by atoms with Crippen LogP contribution in [0.3, 0.4) is 0 Å². The lowest BCUT2D eigenvalue weighted by molar-refractivity contribution is 0.100. The van der Waals surface area contributed by atoms with Crippen LogP contribution in [0.4, 0.5) is 8.78 Å². The van der Waals surface area contributed by atoms with Crippen molar-refractivity contribution in [1.29, 1.82) is 0 Å². The molecule has 1 amide bonds. The van der Waals surface area contributed by atoms with E-state index in [9.17, 15) is 13.6 Å². The van der Waals surface area contributed by atoms with E-state index in [1.54, 1.807) is 6.07 Å². The van der Waals surface area contributed by atoms with Crippen molar-refractivity contribution in [3.63, 3.8) is 0 Å². The molecule has 1 aromatic carbocycles. The van der Waals surface area contributed by atoms with Crippen LogP contribution in [0.15, 0.2) is 18.2 Å². The van der Waals surface area contributed by atoms with Gasteiger partial charge < -0.3 is 5.73 Å². The fourth-order valence-electron chi connectivity index (χ4n) is 2.79. The molecule has 0 fully saturated rings. The van der Waals surface area contributed by atoms with E-state index >= 15 is 0 Å². The Hall–Kier alpha value is -1.46. The number of carbonyl (C=O) groups excluding carboxylic acids is 1. The number of nitrogens with two attached hydrogens (primary N) is 1. The number of amides is 1. The van der Waals surface area contributed by atoms with Crippen LogP contribution < -0.4 is 5.73 Å². The highest BCUT2D eigenvalue weighted by atomic mass is 35.5. The number of hydrogen-bond donors (Lipinski definition) is 1. The molecule has 2 N–H and O–H groups in total. The van der Waals surface area contributed by atoms with Gasteiger partial charge in [0.25, 0.3) is 5.91 Å². The number of carbonyl (C=O) groups is 1. The average Bonchev–Trinajstić information content (AvgIpc) is 2.92. The molecule has 0 saturated heterocycles. The maximum atomic E-state index is 13.9. The number of benzene rings is 1. The molecule has 0 saturated carbocycles. The standard InChI is InChI=1S/C14H10ClF2NOS/c15-6-3-9-7(1-2-8(9)11(16)4-6)10-5-12(17)20-13(10)14(18)19/h3-5,7H,1-2H2,(H2,18,19)/t7-/m1/s1. The fraction of sp³-hybridized carbons (Fsp3) is 0.214. The first-order valence-electron chi connectivity index (χ1n) is 6.04. The average molecular weight is 314 g/mol. The second kappa shape index (κ2) is 4.82. The molecule has 2 nitrogen and oxygen atoms in total. The summed E-state index contributed by atoms with van der Waals surface area (Å²) in [6.07, 6.45) is 1.15. The van der Waals surface area contributed by atoms with Gasteiger partial charge in [-0.25, -0.2) is 4.39 Å². The van der Waals surface area contributed by atoms with E-state index in [1.165, 1.54) is 12.1 Å².